The predicted octanol–water partition coefficient (Wildman–Crippen LogP) is 5.99. The number of carbonyl (C=O) groups excluding carboxylic acids is 2. The summed E-state index contributed by atoms with van der Waals surface area (Å²) in [6.07, 6.45) is 5.71. The number of nitrogens with zero attached hydrogens (tertiary/aromatic N) is 3. The largest absolute Gasteiger partial charge is 0.339 e. The van der Waals surface area contributed by atoms with Gasteiger partial charge in [0.15, 0.2) is 0 Å². The molecule has 1 aromatic heterocycles. The minimum absolute atomic E-state index is 0.0111. The van der Waals surface area contributed by atoms with Crippen molar-refractivity contribution in [2.75, 3.05) is 32.0 Å². The van der Waals surface area contributed by atoms with Crippen LogP contribution in [0.15, 0.2) is 59.5 Å². The molecule has 0 radical (unpaired) electrons. The minimum atomic E-state index is -3.65. The van der Waals surface area contributed by atoms with Crippen molar-refractivity contribution in [2.45, 2.75) is 76.4 Å². The van der Waals surface area contributed by atoms with E-state index in [2.05, 4.69) is 22.3 Å². The summed E-state index contributed by atoms with van der Waals surface area (Å²) in [5.74, 6) is -0.431. The van der Waals surface area contributed by atoms with Crippen LogP contribution in [0.5, 0.6) is 0 Å². The van der Waals surface area contributed by atoms with Crippen LogP contribution >= 0.6 is 11.3 Å². The van der Waals surface area contributed by atoms with Gasteiger partial charge >= 0.3 is 0 Å². The van der Waals surface area contributed by atoms with Gasteiger partial charge in [0.1, 0.15) is 5.00 Å². The molecule has 1 aliphatic heterocycles. The summed E-state index contributed by atoms with van der Waals surface area (Å²) in [5, 5.41) is 3.58. The molecule has 0 atom stereocenters. The van der Waals surface area contributed by atoms with Crippen molar-refractivity contribution in [3.05, 3.63) is 81.7 Å². The lowest BCUT2D eigenvalue weighted by molar-refractivity contribution is 0.0772. The second-order valence-electron chi connectivity index (χ2n) is 11.4. The normalized spacial score (nSPS) is 16.2. The highest BCUT2D eigenvalue weighted by molar-refractivity contribution is 7.89. The van der Waals surface area contributed by atoms with Crippen molar-refractivity contribution >= 4 is 38.2 Å². The van der Waals surface area contributed by atoms with Crippen molar-refractivity contribution < 1.29 is 18.0 Å². The van der Waals surface area contributed by atoms with Crippen LogP contribution in [0.4, 0.5) is 5.00 Å². The van der Waals surface area contributed by atoms with Crippen molar-refractivity contribution in [1.82, 2.24) is 14.1 Å². The van der Waals surface area contributed by atoms with Gasteiger partial charge in [-0.2, -0.15) is 4.31 Å². The molecular weight excluding hydrogens is 581 g/mol. The Kier molecular flexibility index (Phi) is 10.0. The van der Waals surface area contributed by atoms with Gasteiger partial charge in [-0.3, -0.25) is 14.5 Å². The van der Waals surface area contributed by atoms with Crippen molar-refractivity contribution in [1.29, 1.82) is 0 Å². The van der Waals surface area contributed by atoms with Crippen molar-refractivity contribution in [2.24, 2.45) is 0 Å². The predicted molar refractivity (Wildman–Crippen MR) is 172 cm³/mol. The SMILES string of the molecule is CCN(CC)C(=O)c1c(NC(=O)c2ccc(S(=O)(=O)N(C)C3CCCCC3)cc2)sc2c1CCN(Cc1ccccc1)C2. The Balaban J connectivity index is 1.36. The second-order valence-corrected chi connectivity index (χ2v) is 14.5. The molecule has 0 saturated heterocycles. The zero-order valence-electron chi connectivity index (χ0n) is 25.3. The highest BCUT2D eigenvalue weighted by atomic mass is 32.2. The summed E-state index contributed by atoms with van der Waals surface area (Å²) in [6.45, 7) is 7.45. The number of carbonyl (C=O) groups is 2. The van der Waals surface area contributed by atoms with Crippen LogP contribution in [0.25, 0.3) is 0 Å². The van der Waals surface area contributed by atoms with Gasteiger partial charge in [0.05, 0.1) is 10.5 Å². The highest BCUT2D eigenvalue weighted by Gasteiger charge is 2.32. The van der Waals surface area contributed by atoms with Crippen LogP contribution in [-0.2, 0) is 29.5 Å². The van der Waals surface area contributed by atoms with Crippen LogP contribution < -0.4 is 5.32 Å². The molecule has 10 heteroatoms. The Bertz CT molecular complexity index is 1530. The molecule has 2 heterocycles. The Morgan fingerprint density at radius 3 is 2.30 bits per heavy atom. The van der Waals surface area contributed by atoms with E-state index in [0.717, 1.165) is 62.1 Å². The lowest BCUT2D eigenvalue weighted by Gasteiger charge is -2.30. The number of hydrogen-bond acceptors (Lipinski definition) is 6. The van der Waals surface area contributed by atoms with E-state index in [4.69, 9.17) is 0 Å². The first-order valence-electron chi connectivity index (χ1n) is 15.3. The number of benzene rings is 2. The summed E-state index contributed by atoms with van der Waals surface area (Å²) in [6, 6.07) is 16.5. The maximum Gasteiger partial charge on any atom is 0.257 e. The van der Waals surface area contributed by atoms with Gasteiger partial charge in [0, 0.05) is 56.3 Å². The number of anilines is 1. The monoisotopic (exact) mass is 622 g/mol. The molecule has 2 aromatic carbocycles. The molecule has 1 aliphatic carbocycles. The van der Waals surface area contributed by atoms with E-state index in [1.165, 1.54) is 33.3 Å². The summed E-state index contributed by atoms with van der Waals surface area (Å²) in [7, 11) is -2.00. The van der Waals surface area contributed by atoms with Gasteiger partial charge in [-0.15, -0.1) is 11.3 Å². The third kappa shape index (κ3) is 6.87. The van der Waals surface area contributed by atoms with E-state index >= 15 is 0 Å². The molecule has 230 valence electrons. The lowest BCUT2D eigenvalue weighted by atomic mass is 9.96. The van der Waals surface area contributed by atoms with Crippen LogP contribution in [0.1, 0.15) is 82.7 Å². The molecule has 0 bridgehead atoms. The zero-order chi connectivity index (χ0) is 30.6. The van der Waals surface area contributed by atoms with E-state index in [-0.39, 0.29) is 22.8 Å². The number of thiophene rings is 1. The molecule has 3 aromatic rings. The van der Waals surface area contributed by atoms with Gasteiger partial charge in [0.2, 0.25) is 10.0 Å². The molecule has 0 spiro atoms. The Hall–Kier alpha value is -3.05. The zero-order valence-corrected chi connectivity index (χ0v) is 27.0. The smallest absolute Gasteiger partial charge is 0.257 e. The number of nitrogens with one attached hydrogen (secondary N) is 1. The standard InChI is InChI=1S/C33H42N4O4S2/c1-4-37(5-2)33(39)30-28-20-21-36(22-24-12-8-6-9-13-24)23-29(28)42-32(30)34-31(38)25-16-18-27(19-17-25)43(40,41)35(3)26-14-10-7-11-15-26/h6,8-9,12-13,16-19,26H,4-5,7,10-11,14-15,20-23H2,1-3H3,(H,34,38). The van der Waals surface area contributed by atoms with E-state index in [0.29, 0.717) is 35.8 Å². The minimum Gasteiger partial charge on any atom is -0.339 e. The Morgan fingerprint density at radius 2 is 1.65 bits per heavy atom. The number of hydrogen-bond donors (Lipinski definition) is 1. The molecule has 1 fully saturated rings. The molecule has 2 amide bonds. The molecule has 5 rings (SSSR count). The fourth-order valence-corrected chi connectivity index (χ4v) is 8.87. The summed E-state index contributed by atoms with van der Waals surface area (Å²) < 4.78 is 28.0. The maximum atomic E-state index is 13.7. The average Bonchev–Trinajstić information content (AvgIpc) is 3.39. The molecule has 8 nitrogen and oxygen atoms in total. The molecular formula is C33H42N4O4S2. The van der Waals surface area contributed by atoms with Gasteiger partial charge in [0.25, 0.3) is 11.8 Å². The lowest BCUT2D eigenvalue weighted by Crippen LogP contribution is -2.38. The molecule has 2 aliphatic rings. The molecule has 1 saturated carbocycles. The summed E-state index contributed by atoms with van der Waals surface area (Å²) in [4.78, 5) is 32.6. The first-order valence-corrected chi connectivity index (χ1v) is 17.6. The number of rotatable bonds is 10. The van der Waals surface area contributed by atoms with Gasteiger partial charge in [-0.1, -0.05) is 49.6 Å². The quantitative estimate of drug-likeness (QED) is 0.300. The van der Waals surface area contributed by atoms with Crippen molar-refractivity contribution in [3.8, 4) is 0 Å². The highest BCUT2D eigenvalue weighted by Crippen LogP contribution is 2.38. The average molecular weight is 623 g/mol. The van der Waals surface area contributed by atoms with Crippen LogP contribution in [-0.4, -0.2) is 67.1 Å². The van der Waals surface area contributed by atoms with Crippen molar-refractivity contribution in [3.63, 3.8) is 0 Å². The number of sulfonamides is 1. The first kappa shape index (κ1) is 31.4. The van der Waals surface area contributed by atoms with E-state index in [9.17, 15) is 18.0 Å². The summed E-state index contributed by atoms with van der Waals surface area (Å²) in [5.41, 5.74) is 3.20. The number of fused-ring (bicyclic) bond motifs is 1. The van der Waals surface area contributed by atoms with Crippen LogP contribution in [0.3, 0.4) is 0 Å². The van der Waals surface area contributed by atoms with Gasteiger partial charge < -0.3 is 10.2 Å². The Morgan fingerprint density at radius 1 is 0.977 bits per heavy atom. The molecule has 43 heavy (non-hydrogen) atoms. The van der Waals surface area contributed by atoms with Gasteiger partial charge in [-0.25, -0.2) is 8.42 Å². The second kappa shape index (κ2) is 13.7. The van der Waals surface area contributed by atoms with E-state index in [1.807, 2.05) is 32.0 Å². The number of amides is 2. The molecule has 1 N–H and O–H groups in total. The summed E-state index contributed by atoms with van der Waals surface area (Å²) >= 11 is 1.47. The Labute approximate surface area is 259 Å². The van der Waals surface area contributed by atoms with Crippen LogP contribution in [0, 0.1) is 0 Å². The van der Waals surface area contributed by atoms with Crippen LogP contribution in [0.2, 0.25) is 0 Å². The fourth-order valence-electron chi connectivity index (χ4n) is 6.18. The van der Waals surface area contributed by atoms with Gasteiger partial charge in [-0.05, 0) is 68.5 Å². The van der Waals surface area contributed by atoms with E-state index in [1.54, 1.807) is 24.1 Å². The maximum absolute atomic E-state index is 13.7. The first-order chi connectivity index (χ1) is 20.7. The van der Waals surface area contributed by atoms with E-state index < -0.39 is 10.0 Å². The topological polar surface area (TPSA) is 90.0 Å². The molecule has 0 unspecified atom stereocenters. The third-order valence-electron chi connectivity index (χ3n) is 8.76. The fraction of sp³-hybridized carbons (Fsp3) is 0.455. The third-order valence-corrected chi connectivity index (χ3v) is 11.8.